The first-order chi connectivity index (χ1) is 10.3. The van der Waals surface area contributed by atoms with E-state index in [0.717, 1.165) is 19.3 Å². The molecule has 0 bridgehead atoms. The zero-order chi connectivity index (χ0) is 15.0. The molecule has 0 aromatic carbocycles. The predicted octanol–water partition coefficient (Wildman–Crippen LogP) is 5.02. The van der Waals surface area contributed by atoms with E-state index in [0.29, 0.717) is 5.41 Å². The molecule has 2 heteroatoms. The molecule has 21 heavy (non-hydrogen) atoms. The highest BCUT2D eigenvalue weighted by atomic mass is 16.5. The van der Waals surface area contributed by atoms with Crippen LogP contribution < -0.4 is 0 Å². The van der Waals surface area contributed by atoms with Gasteiger partial charge in [0.15, 0.2) is 0 Å². The Morgan fingerprint density at radius 2 is 1.62 bits per heavy atom. The molecule has 2 saturated heterocycles. The molecule has 0 aromatic rings. The molecule has 0 N–H and O–H groups in total. The fourth-order valence-corrected chi connectivity index (χ4v) is 4.18. The largest absolute Gasteiger partial charge is 0.381 e. The second-order valence-corrected chi connectivity index (χ2v) is 7.56. The number of rotatable bonds is 10. The molecule has 1 atom stereocenters. The van der Waals surface area contributed by atoms with Crippen LogP contribution in [0.2, 0.25) is 0 Å². The number of hydrogen-bond donors (Lipinski definition) is 0. The average Bonchev–Trinajstić information content (AvgIpc) is 2.48. The SMILES string of the molecule is CCCCCCC(CCCCC)N1CC2(CCCOC2)C1. The van der Waals surface area contributed by atoms with Crippen LogP contribution in [0.3, 0.4) is 0 Å². The van der Waals surface area contributed by atoms with Crippen molar-refractivity contribution >= 4 is 0 Å². The maximum atomic E-state index is 5.74. The van der Waals surface area contributed by atoms with Gasteiger partial charge in [0, 0.05) is 31.2 Å². The third-order valence-corrected chi connectivity index (χ3v) is 5.53. The molecule has 2 nitrogen and oxygen atoms in total. The van der Waals surface area contributed by atoms with Crippen LogP contribution in [0.25, 0.3) is 0 Å². The van der Waals surface area contributed by atoms with Crippen LogP contribution in [0.1, 0.15) is 84.5 Å². The molecule has 2 aliphatic rings. The van der Waals surface area contributed by atoms with E-state index in [9.17, 15) is 0 Å². The molecule has 1 unspecified atom stereocenters. The summed E-state index contributed by atoms with van der Waals surface area (Å²) in [6, 6.07) is 0.862. The summed E-state index contributed by atoms with van der Waals surface area (Å²) >= 11 is 0. The number of unbranched alkanes of at least 4 members (excludes halogenated alkanes) is 5. The fraction of sp³-hybridized carbons (Fsp3) is 1.00. The van der Waals surface area contributed by atoms with Crippen LogP contribution in [0, 0.1) is 5.41 Å². The van der Waals surface area contributed by atoms with Gasteiger partial charge in [0.25, 0.3) is 0 Å². The van der Waals surface area contributed by atoms with Gasteiger partial charge in [-0.1, -0.05) is 58.8 Å². The van der Waals surface area contributed by atoms with E-state index in [2.05, 4.69) is 18.7 Å². The van der Waals surface area contributed by atoms with Gasteiger partial charge < -0.3 is 4.74 Å². The quantitative estimate of drug-likeness (QED) is 0.525. The lowest BCUT2D eigenvalue weighted by molar-refractivity contribution is -0.117. The van der Waals surface area contributed by atoms with E-state index in [4.69, 9.17) is 4.74 Å². The Hall–Kier alpha value is -0.0800. The normalized spacial score (nSPS) is 23.1. The van der Waals surface area contributed by atoms with Crippen molar-refractivity contribution in [3.05, 3.63) is 0 Å². The number of likely N-dealkylation sites (tertiary alicyclic amines) is 1. The number of nitrogens with zero attached hydrogens (tertiary/aromatic N) is 1. The Balaban J connectivity index is 1.72. The molecular formula is C19H37NO. The molecule has 2 fully saturated rings. The maximum absolute atomic E-state index is 5.74. The summed E-state index contributed by atoms with van der Waals surface area (Å²) in [5, 5.41) is 0. The van der Waals surface area contributed by atoms with Crippen molar-refractivity contribution in [2.24, 2.45) is 5.41 Å². The zero-order valence-electron chi connectivity index (χ0n) is 14.5. The average molecular weight is 296 g/mol. The standard InChI is InChI=1S/C19H37NO/c1-3-5-7-9-12-18(11-8-6-4-2)20-15-19(16-20)13-10-14-21-17-19/h18H,3-17H2,1-2H3. The summed E-state index contributed by atoms with van der Waals surface area (Å²) in [7, 11) is 0. The highest BCUT2D eigenvalue weighted by Gasteiger charge is 2.45. The molecule has 1 spiro atoms. The first kappa shape index (κ1) is 17.3. The lowest BCUT2D eigenvalue weighted by atomic mass is 9.74. The second-order valence-electron chi connectivity index (χ2n) is 7.56. The van der Waals surface area contributed by atoms with Gasteiger partial charge in [-0.25, -0.2) is 0 Å². The van der Waals surface area contributed by atoms with Gasteiger partial charge in [0.2, 0.25) is 0 Å². The predicted molar refractivity (Wildman–Crippen MR) is 90.7 cm³/mol. The molecule has 124 valence electrons. The summed E-state index contributed by atoms with van der Waals surface area (Å²) < 4.78 is 5.74. The van der Waals surface area contributed by atoms with Crippen molar-refractivity contribution in [1.82, 2.24) is 4.90 Å². The molecule has 0 saturated carbocycles. The van der Waals surface area contributed by atoms with Crippen LogP contribution in [0.4, 0.5) is 0 Å². The van der Waals surface area contributed by atoms with Crippen molar-refractivity contribution in [2.45, 2.75) is 90.5 Å². The van der Waals surface area contributed by atoms with Gasteiger partial charge in [0.05, 0.1) is 6.61 Å². The Labute approximate surface area is 132 Å². The van der Waals surface area contributed by atoms with Gasteiger partial charge in [0.1, 0.15) is 0 Å². The van der Waals surface area contributed by atoms with Gasteiger partial charge in [-0.2, -0.15) is 0 Å². The molecule has 2 aliphatic heterocycles. The highest BCUT2D eigenvalue weighted by molar-refractivity contribution is 4.98. The van der Waals surface area contributed by atoms with Gasteiger partial charge in [-0.15, -0.1) is 0 Å². The van der Waals surface area contributed by atoms with Crippen LogP contribution in [-0.4, -0.2) is 37.2 Å². The van der Waals surface area contributed by atoms with Crippen molar-refractivity contribution in [2.75, 3.05) is 26.3 Å². The van der Waals surface area contributed by atoms with E-state index < -0.39 is 0 Å². The Morgan fingerprint density at radius 3 is 2.24 bits per heavy atom. The Bertz CT molecular complexity index is 265. The molecule has 2 heterocycles. The highest BCUT2D eigenvalue weighted by Crippen LogP contribution is 2.40. The van der Waals surface area contributed by atoms with Crippen LogP contribution >= 0.6 is 0 Å². The van der Waals surface area contributed by atoms with E-state index in [1.54, 1.807) is 0 Å². The van der Waals surface area contributed by atoms with Gasteiger partial charge in [-0.3, -0.25) is 4.90 Å². The Kier molecular flexibility index (Phi) is 7.53. The topological polar surface area (TPSA) is 12.5 Å². The second kappa shape index (κ2) is 9.15. The zero-order valence-corrected chi connectivity index (χ0v) is 14.5. The Morgan fingerprint density at radius 1 is 0.952 bits per heavy atom. The lowest BCUT2D eigenvalue weighted by Crippen LogP contribution is -2.62. The van der Waals surface area contributed by atoms with Crippen molar-refractivity contribution in [1.29, 1.82) is 0 Å². The summed E-state index contributed by atoms with van der Waals surface area (Å²) in [5.41, 5.74) is 0.546. The van der Waals surface area contributed by atoms with Crippen molar-refractivity contribution in [3.63, 3.8) is 0 Å². The first-order valence-electron chi connectivity index (χ1n) is 9.61. The minimum Gasteiger partial charge on any atom is -0.381 e. The van der Waals surface area contributed by atoms with Crippen LogP contribution in [0.5, 0.6) is 0 Å². The summed E-state index contributed by atoms with van der Waals surface area (Å²) in [5.74, 6) is 0. The first-order valence-corrected chi connectivity index (χ1v) is 9.61. The fourth-order valence-electron chi connectivity index (χ4n) is 4.18. The third kappa shape index (κ3) is 5.25. The molecule has 0 amide bonds. The molecular weight excluding hydrogens is 258 g/mol. The van der Waals surface area contributed by atoms with Gasteiger partial charge >= 0.3 is 0 Å². The van der Waals surface area contributed by atoms with Crippen LogP contribution in [0.15, 0.2) is 0 Å². The summed E-state index contributed by atoms with van der Waals surface area (Å²) in [6.45, 7) is 9.28. The van der Waals surface area contributed by atoms with Crippen molar-refractivity contribution in [3.8, 4) is 0 Å². The lowest BCUT2D eigenvalue weighted by Gasteiger charge is -2.55. The van der Waals surface area contributed by atoms with Crippen LogP contribution in [-0.2, 0) is 4.74 Å². The van der Waals surface area contributed by atoms with E-state index in [1.807, 2.05) is 0 Å². The molecule has 0 radical (unpaired) electrons. The summed E-state index contributed by atoms with van der Waals surface area (Å²) in [6.07, 6.45) is 15.4. The minimum absolute atomic E-state index is 0.546. The summed E-state index contributed by atoms with van der Waals surface area (Å²) in [4.78, 5) is 2.79. The molecule has 0 aliphatic carbocycles. The van der Waals surface area contributed by atoms with E-state index in [1.165, 1.54) is 83.7 Å². The van der Waals surface area contributed by atoms with E-state index >= 15 is 0 Å². The number of ether oxygens (including phenoxy) is 1. The monoisotopic (exact) mass is 295 g/mol. The third-order valence-electron chi connectivity index (χ3n) is 5.53. The van der Waals surface area contributed by atoms with Crippen molar-refractivity contribution < 1.29 is 4.74 Å². The molecule has 0 aromatic heterocycles. The maximum Gasteiger partial charge on any atom is 0.0547 e. The molecule has 2 rings (SSSR count). The smallest absolute Gasteiger partial charge is 0.0547 e. The van der Waals surface area contributed by atoms with Gasteiger partial charge in [-0.05, 0) is 25.7 Å². The van der Waals surface area contributed by atoms with E-state index in [-0.39, 0.29) is 0 Å². The number of hydrogen-bond acceptors (Lipinski definition) is 2. The minimum atomic E-state index is 0.546.